The first-order valence-corrected chi connectivity index (χ1v) is 7.71. The van der Waals surface area contributed by atoms with Gasteiger partial charge in [0.2, 0.25) is 10.0 Å². The lowest BCUT2D eigenvalue weighted by Crippen LogP contribution is -2.36. The van der Waals surface area contributed by atoms with Crippen molar-refractivity contribution in [1.82, 2.24) is 5.32 Å². The van der Waals surface area contributed by atoms with Crippen LogP contribution in [0.5, 0.6) is 0 Å². The Kier molecular flexibility index (Phi) is 4.06. The van der Waals surface area contributed by atoms with Crippen LogP contribution in [-0.2, 0) is 10.0 Å². The molecule has 1 aromatic rings. The van der Waals surface area contributed by atoms with Gasteiger partial charge in [-0.25, -0.2) is 18.4 Å². The number of urea groups is 1. The molecule has 0 spiro atoms. The molecule has 1 aliphatic carbocycles. The van der Waals surface area contributed by atoms with Gasteiger partial charge in [0, 0.05) is 6.04 Å². The SMILES string of the molecule is NS(=O)(=O)c1ccccc1NC(=O)NC1CCCC1. The summed E-state index contributed by atoms with van der Waals surface area (Å²) in [6, 6.07) is 5.83. The van der Waals surface area contributed by atoms with Crippen molar-refractivity contribution in [1.29, 1.82) is 0 Å². The van der Waals surface area contributed by atoms with Gasteiger partial charge in [-0.05, 0) is 25.0 Å². The van der Waals surface area contributed by atoms with E-state index in [1.807, 2.05) is 0 Å². The zero-order valence-corrected chi connectivity index (χ0v) is 11.2. The Hall–Kier alpha value is -1.60. The molecule has 6 nitrogen and oxygen atoms in total. The van der Waals surface area contributed by atoms with Crippen LogP contribution >= 0.6 is 0 Å². The van der Waals surface area contributed by atoms with E-state index in [0.717, 1.165) is 25.7 Å². The van der Waals surface area contributed by atoms with E-state index in [2.05, 4.69) is 10.6 Å². The van der Waals surface area contributed by atoms with Crippen molar-refractivity contribution in [3.05, 3.63) is 24.3 Å². The van der Waals surface area contributed by atoms with Gasteiger partial charge in [0.05, 0.1) is 5.69 Å². The number of rotatable bonds is 3. The van der Waals surface area contributed by atoms with Crippen LogP contribution in [0.1, 0.15) is 25.7 Å². The molecule has 1 aromatic carbocycles. The number of nitrogens with two attached hydrogens (primary N) is 1. The number of primary sulfonamides is 1. The average Bonchev–Trinajstić information content (AvgIpc) is 2.81. The number of carbonyl (C=O) groups excluding carboxylic acids is 1. The minimum Gasteiger partial charge on any atom is -0.335 e. The number of para-hydroxylation sites is 1. The number of anilines is 1. The smallest absolute Gasteiger partial charge is 0.319 e. The van der Waals surface area contributed by atoms with Crippen LogP contribution in [0.25, 0.3) is 0 Å². The van der Waals surface area contributed by atoms with Crippen LogP contribution in [0.2, 0.25) is 0 Å². The number of carbonyl (C=O) groups is 1. The molecule has 0 unspecified atom stereocenters. The fraction of sp³-hybridized carbons (Fsp3) is 0.417. The summed E-state index contributed by atoms with van der Waals surface area (Å²) in [4.78, 5) is 11.7. The first kappa shape index (κ1) is 13.8. The van der Waals surface area contributed by atoms with Crippen LogP contribution in [0.4, 0.5) is 10.5 Å². The van der Waals surface area contributed by atoms with E-state index in [1.54, 1.807) is 12.1 Å². The van der Waals surface area contributed by atoms with Gasteiger partial charge in [-0.15, -0.1) is 0 Å². The van der Waals surface area contributed by atoms with Crippen molar-refractivity contribution in [2.45, 2.75) is 36.6 Å². The summed E-state index contributed by atoms with van der Waals surface area (Å²) in [5.41, 5.74) is 0.195. The molecule has 2 rings (SSSR count). The second-order valence-electron chi connectivity index (χ2n) is 4.62. The van der Waals surface area contributed by atoms with Gasteiger partial charge in [-0.2, -0.15) is 0 Å². The Morgan fingerprint density at radius 2 is 1.84 bits per heavy atom. The predicted molar refractivity (Wildman–Crippen MR) is 72.2 cm³/mol. The van der Waals surface area contributed by atoms with Crippen molar-refractivity contribution in [2.24, 2.45) is 5.14 Å². The number of amides is 2. The minimum atomic E-state index is -3.85. The monoisotopic (exact) mass is 283 g/mol. The summed E-state index contributed by atoms with van der Waals surface area (Å²) in [5, 5.41) is 10.5. The average molecular weight is 283 g/mol. The van der Waals surface area contributed by atoms with E-state index >= 15 is 0 Å². The van der Waals surface area contributed by atoms with Crippen molar-refractivity contribution in [3.8, 4) is 0 Å². The predicted octanol–water partition coefficient (Wildman–Crippen LogP) is 1.40. The minimum absolute atomic E-state index is 0.0865. The molecule has 0 atom stereocenters. The third kappa shape index (κ3) is 3.68. The molecule has 19 heavy (non-hydrogen) atoms. The first-order chi connectivity index (χ1) is 8.97. The quantitative estimate of drug-likeness (QED) is 0.781. The lowest BCUT2D eigenvalue weighted by Gasteiger charge is -2.14. The number of benzene rings is 1. The Morgan fingerprint density at radius 1 is 1.21 bits per heavy atom. The van der Waals surface area contributed by atoms with Crippen LogP contribution in [0, 0.1) is 0 Å². The maximum Gasteiger partial charge on any atom is 0.319 e. The van der Waals surface area contributed by atoms with Crippen LogP contribution in [0.3, 0.4) is 0 Å². The molecule has 104 valence electrons. The molecule has 0 aliphatic heterocycles. The van der Waals surface area contributed by atoms with E-state index in [4.69, 9.17) is 5.14 Å². The van der Waals surface area contributed by atoms with Crippen LogP contribution in [-0.4, -0.2) is 20.5 Å². The highest BCUT2D eigenvalue weighted by Gasteiger charge is 2.19. The maximum absolute atomic E-state index is 11.8. The molecule has 0 heterocycles. The molecule has 0 aromatic heterocycles. The highest BCUT2D eigenvalue weighted by Crippen LogP contribution is 2.20. The van der Waals surface area contributed by atoms with Crippen molar-refractivity contribution >= 4 is 21.7 Å². The number of hydrogen-bond donors (Lipinski definition) is 3. The number of nitrogens with one attached hydrogen (secondary N) is 2. The van der Waals surface area contributed by atoms with Gasteiger partial charge >= 0.3 is 6.03 Å². The zero-order valence-electron chi connectivity index (χ0n) is 10.4. The highest BCUT2D eigenvalue weighted by molar-refractivity contribution is 7.89. The highest BCUT2D eigenvalue weighted by atomic mass is 32.2. The molecule has 4 N–H and O–H groups in total. The molecule has 7 heteroatoms. The number of sulfonamides is 1. The summed E-state index contributed by atoms with van der Waals surface area (Å²) in [6.07, 6.45) is 4.14. The largest absolute Gasteiger partial charge is 0.335 e. The molecular weight excluding hydrogens is 266 g/mol. The van der Waals surface area contributed by atoms with E-state index in [9.17, 15) is 13.2 Å². The maximum atomic E-state index is 11.8. The van der Waals surface area contributed by atoms with Gasteiger partial charge < -0.3 is 10.6 Å². The lowest BCUT2D eigenvalue weighted by molar-refractivity contribution is 0.248. The zero-order chi connectivity index (χ0) is 13.9. The topological polar surface area (TPSA) is 101 Å². The van der Waals surface area contributed by atoms with E-state index in [0.29, 0.717) is 0 Å². The third-order valence-corrected chi connectivity index (χ3v) is 4.10. The van der Waals surface area contributed by atoms with Crippen LogP contribution in [0.15, 0.2) is 29.2 Å². The van der Waals surface area contributed by atoms with Crippen LogP contribution < -0.4 is 15.8 Å². The van der Waals surface area contributed by atoms with E-state index in [1.165, 1.54) is 12.1 Å². The Bertz CT molecular complexity index is 565. The van der Waals surface area contributed by atoms with Gasteiger partial charge in [0.15, 0.2) is 0 Å². The van der Waals surface area contributed by atoms with Gasteiger partial charge in [-0.1, -0.05) is 25.0 Å². The van der Waals surface area contributed by atoms with E-state index in [-0.39, 0.29) is 16.6 Å². The molecule has 0 saturated heterocycles. The molecule has 0 radical (unpaired) electrons. The summed E-state index contributed by atoms with van der Waals surface area (Å²) in [7, 11) is -3.85. The van der Waals surface area contributed by atoms with Gasteiger partial charge in [0.1, 0.15) is 4.90 Å². The Labute approximate surface area is 112 Å². The first-order valence-electron chi connectivity index (χ1n) is 6.16. The number of hydrogen-bond acceptors (Lipinski definition) is 3. The molecule has 1 fully saturated rings. The van der Waals surface area contributed by atoms with Crippen molar-refractivity contribution in [3.63, 3.8) is 0 Å². The second kappa shape index (κ2) is 5.58. The molecule has 1 saturated carbocycles. The standard InChI is InChI=1S/C12H17N3O3S/c13-19(17,18)11-8-4-3-7-10(11)15-12(16)14-9-5-1-2-6-9/h3-4,7-9H,1-2,5-6H2,(H2,13,17,18)(H2,14,15,16). The van der Waals surface area contributed by atoms with Gasteiger partial charge in [0.25, 0.3) is 0 Å². The Balaban J connectivity index is 2.08. The fourth-order valence-electron chi connectivity index (χ4n) is 2.23. The van der Waals surface area contributed by atoms with Crippen molar-refractivity contribution < 1.29 is 13.2 Å². The second-order valence-corrected chi connectivity index (χ2v) is 6.15. The summed E-state index contributed by atoms with van der Waals surface area (Å²) in [5.74, 6) is 0. The normalized spacial score (nSPS) is 16.3. The molecular formula is C12H17N3O3S. The third-order valence-electron chi connectivity index (χ3n) is 3.13. The van der Waals surface area contributed by atoms with Crippen molar-refractivity contribution in [2.75, 3.05) is 5.32 Å². The lowest BCUT2D eigenvalue weighted by atomic mass is 10.2. The Morgan fingerprint density at radius 3 is 2.47 bits per heavy atom. The fourth-order valence-corrected chi connectivity index (χ4v) is 2.93. The summed E-state index contributed by atoms with van der Waals surface area (Å²) in [6.45, 7) is 0. The molecule has 0 bridgehead atoms. The van der Waals surface area contributed by atoms with Gasteiger partial charge in [-0.3, -0.25) is 0 Å². The molecule has 1 aliphatic rings. The van der Waals surface area contributed by atoms with E-state index < -0.39 is 16.1 Å². The summed E-state index contributed by atoms with van der Waals surface area (Å²) >= 11 is 0. The summed E-state index contributed by atoms with van der Waals surface area (Å²) < 4.78 is 22.8. The molecule has 2 amide bonds.